The zero-order valence-corrected chi connectivity index (χ0v) is 18.7. The number of benzene rings is 2. The van der Waals surface area contributed by atoms with Crippen LogP contribution in [0.4, 0.5) is 11.4 Å². The van der Waals surface area contributed by atoms with Gasteiger partial charge in [0.05, 0.1) is 24.5 Å². The monoisotopic (exact) mass is 482 g/mol. The summed E-state index contributed by atoms with van der Waals surface area (Å²) in [6.45, 7) is 0. The molecule has 1 aromatic heterocycles. The number of carbonyl (C=O) groups is 2. The third kappa shape index (κ3) is 4.37. The van der Waals surface area contributed by atoms with Gasteiger partial charge in [0, 0.05) is 16.2 Å². The summed E-state index contributed by atoms with van der Waals surface area (Å²) in [6.07, 6.45) is 5.11. The van der Waals surface area contributed by atoms with Crippen molar-refractivity contribution in [3.05, 3.63) is 76.7 Å². The largest absolute Gasteiger partial charge is 0.494 e. The van der Waals surface area contributed by atoms with Crippen LogP contribution in [0.3, 0.4) is 0 Å². The number of amides is 2. The van der Waals surface area contributed by atoms with E-state index in [0.717, 1.165) is 35.7 Å². The summed E-state index contributed by atoms with van der Waals surface area (Å²) < 4.78 is 11.5. The fraction of sp³-hybridized carbons (Fsp3) is 0.250. The lowest BCUT2D eigenvalue weighted by molar-refractivity contribution is -0.121. The van der Waals surface area contributed by atoms with Gasteiger partial charge in [0.15, 0.2) is 5.76 Å². The molecule has 1 saturated carbocycles. The third-order valence-corrected chi connectivity index (χ3v) is 6.27. The first-order valence-electron chi connectivity index (χ1n) is 10.1. The Morgan fingerprint density at radius 3 is 2.42 bits per heavy atom. The summed E-state index contributed by atoms with van der Waals surface area (Å²) in [5, 5.41) is 5.82. The van der Waals surface area contributed by atoms with E-state index in [1.165, 1.54) is 13.4 Å². The Labute approximate surface area is 189 Å². The minimum absolute atomic E-state index is 0.0262. The van der Waals surface area contributed by atoms with Gasteiger partial charge in [-0.3, -0.25) is 9.59 Å². The Kier molecular flexibility index (Phi) is 6.13. The molecule has 7 heteroatoms. The van der Waals surface area contributed by atoms with Crippen molar-refractivity contribution >= 4 is 39.1 Å². The van der Waals surface area contributed by atoms with E-state index in [9.17, 15) is 9.59 Å². The second-order valence-electron chi connectivity index (χ2n) is 7.60. The molecule has 0 bridgehead atoms. The van der Waals surface area contributed by atoms with E-state index >= 15 is 0 Å². The first-order chi connectivity index (χ1) is 15.0. The van der Waals surface area contributed by atoms with E-state index in [-0.39, 0.29) is 17.6 Å². The highest BCUT2D eigenvalue weighted by Crippen LogP contribution is 2.42. The van der Waals surface area contributed by atoms with Crippen LogP contribution in [-0.2, 0) is 10.2 Å². The highest BCUT2D eigenvalue weighted by atomic mass is 79.9. The normalized spacial score (nSPS) is 14.8. The predicted molar refractivity (Wildman–Crippen MR) is 123 cm³/mol. The molecule has 2 N–H and O–H groups in total. The zero-order valence-electron chi connectivity index (χ0n) is 17.1. The van der Waals surface area contributed by atoms with Gasteiger partial charge in [-0.15, -0.1) is 0 Å². The Balaban J connectivity index is 1.54. The van der Waals surface area contributed by atoms with Gasteiger partial charge in [-0.05, 0) is 54.8 Å². The van der Waals surface area contributed by atoms with Crippen LogP contribution in [0, 0.1) is 0 Å². The average molecular weight is 483 g/mol. The number of ether oxygens (including phenoxy) is 1. The molecule has 0 spiro atoms. The average Bonchev–Trinajstić information content (AvgIpc) is 3.48. The fourth-order valence-electron chi connectivity index (χ4n) is 4.11. The van der Waals surface area contributed by atoms with Crippen molar-refractivity contribution in [3.8, 4) is 5.75 Å². The summed E-state index contributed by atoms with van der Waals surface area (Å²) in [4.78, 5) is 25.7. The number of nitrogens with one attached hydrogen (secondary N) is 2. The van der Waals surface area contributed by atoms with E-state index in [2.05, 4.69) is 26.6 Å². The number of methoxy groups -OCH3 is 1. The fourth-order valence-corrected chi connectivity index (χ4v) is 4.37. The van der Waals surface area contributed by atoms with E-state index in [1.54, 1.807) is 30.3 Å². The van der Waals surface area contributed by atoms with E-state index in [4.69, 9.17) is 9.15 Å². The summed E-state index contributed by atoms with van der Waals surface area (Å²) in [5.41, 5.74) is 1.59. The summed E-state index contributed by atoms with van der Waals surface area (Å²) in [5.74, 6) is 0.251. The molecule has 0 atom stereocenters. The molecular formula is C24H23BrN2O4. The number of halogens is 1. The van der Waals surface area contributed by atoms with Crippen molar-refractivity contribution in [1.82, 2.24) is 0 Å². The molecule has 6 nitrogen and oxygen atoms in total. The van der Waals surface area contributed by atoms with Crippen LogP contribution in [0.1, 0.15) is 41.8 Å². The molecule has 160 valence electrons. The van der Waals surface area contributed by atoms with Crippen LogP contribution in [0.5, 0.6) is 5.75 Å². The maximum Gasteiger partial charge on any atom is 0.291 e. The van der Waals surface area contributed by atoms with E-state index in [0.29, 0.717) is 17.1 Å². The van der Waals surface area contributed by atoms with Gasteiger partial charge >= 0.3 is 0 Å². The number of furan rings is 1. The van der Waals surface area contributed by atoms with Gasteiger partial charge in [0.25, 0.3) is 5.91 Å². The number of carbonyl (C=O) groups excluding carboxylic acids is 2. The quantitative estimate of drug-likeness (QED) is 0.468. The zero-order chi connectivity index (χ0) is 21.8. The molecule has 1 fully saturated rings. The van der Waals surface area contributed by atoms with Gasteiger partial charge in [0.1, 0.15) is 5.75 Å². The van der Waals surface area contributed by atoms with Gasteiger partial charge in [-0.2, -0.15) is 0 Å². The molecule has 4 rings (SSSR count). The van der Waals surface area contributed by atoms with Crippen molar-refractivity contribution in [1.29, 1.82) is 0 Å². The molecule has 1 aliphatic rings. The maximum absolute atomic E-state index is 13.4. The summed E-state index contributed by atoms with van der Waals surface area (Å²) >= 11 is 3.46. The second-order valence-corrected chi connectivity index (χ2v) is 8.51. The molecule has 1 aliphatic carbocycles. The highest BCUT2D eigenvalue weighted by molar-refractivity contribution is 9.10. The topological polar surface area (TPSA) is 80.6 Å². The molecule has 2 aromatic carbocycles. The minimum atomic E-state index is -0.542. The lowest BCUT2D eigenvalue weighted by Crippen LogP contribution is -2.38. The Morgan fingerprint density at radius 2 is 1.77 bits per heavy atom. The van der Waals surface area contributed by atoms with Gasteiger partial charge in [0.2, 0.25) is 5.91 Å². The summed E-state index contributed by atoms with van der Waals surface area (Å²) in [6, 6.07) is 16.4. The van der Waals surface area contributed by atoms with Crippen LogP contribution in [-0.4, -0.2) is 18.9 Å². The first kappa shape index (κ1) is 21.2. The lowest BCUT2D eigenvalue weighted by atomic mass is 9.78. The van der Waals surface area contributed by atoms with Crippen LogP contribution >= 0.6 is 15.9 Å². The van der Waals surface area contributed by atoms with Crippen molar-refractivity contribution in [3.63, 3.8) is 0 Å². The third-order valence-electron chi connectivity index (χ3n) is 5.74. The lowest BCUT2D eigenvalue weighted by Gasteiger charge is -2.28. The van der Waals surface area contributed by atoms with Crippen molar-refractivity contribution in [2.24, 2.45) is 0 Å². The molecule has 0 radical (unpaired) electrons. The molecule has 2 amide bonds. The second kappa shape index (κ2) is 8.98. The molecule has 0 saturated heterocycles. The number of anilines is 2. The highest BCUT2D eigenvalue weighted by Gasteiger charge is 2.42. The predicted octanol–water partition coefficient (Wildman–Crippen LogP) is 5.75. The molecule has 0 unspecified atom stereocenters. The molecule has 3 aromatic rings. The Bertz CT molecular complexity index is 1070. The first-order valence-corrected chi connectivity index (χ1v) is 10.9. The van der Waals surface area contributed by atoms with Gasteiger partial charge in [-0.1, -0.05) is 40.9 Å². The molecule has 1 heterocycles. The Morgan fingerprint density at radius 1 is 1.03 bits per heavy atom. The smallest absolute Gasteiger partial charge is 0.291 e. The van der Waals surface area contributed by atoms with Gasteiger partial charge in [-0.25, -0.2) is 0 Å². The maximum atomic E-state index is 13.4. The molecular weight excluding hydrogens is 460 g/mol. The van der Waals surface area contributed by atoms with Crippen LogP contribution < -0.4 is 15.4 Å². The van der Waals surface area contributed by atoms with Crippen molar-refractivity contribution in [2.75, 3.05) is 17.7 Å². The van der Waals surface area contributed by atoms with Crippen LogP contribution in [0.25, 0.3) is 0 Å². The number of hydrogen-bond acceptors (Lipinski definition) is 4. The van der Waals surface area contributed by atoms with Gasteiger partial charge < -0.3 is 19.8 Å². The van der Waals surface area contributed by atoms with Crippen molar-refractivity contribution < 1.29 is 18.7 Å². The standard InChI is InChI=1S/C24H23BrN2O4/c1-30-21-15-18(10-11-19(21)27-22(28)20-5-4-14-31-20)26-23(29)24(12-2-3-13-24)16-6-8-17(25)9-7-16/h4-11,14-15H,2-3,12-13H2,1H3,(H,26,29)(H,27,28). The number of hydrogen-bond donors (Lipinski definition) is 2. The number of rotatable bonds is 6. The summed E-state index contributed by atoms with van der Waals surface area (Å²) in [7, 11) is 1.52. The van der Waals surface area contributed by atoms with E-state index < -0.39 is 5.41 Å². The van der Waals surface area contributed by atoms with Crippen LogP contribution in [0.2, 0.25) is 0 Å². The SMILES string of the molecule is COc1cc(NC(=O)C2(c3ccc(Br)cc3)CCCC2)ccc1NC(=O)c1ccco1. The molecule has 0 aliphatic heterocycles. The Hall–Kier alpha value is -3.06. The molecule has 31 heavy (non-hydrogen) atoms. The van der Waals surface area contributed by atoms with Crippen molar-refractivity contribution in [2.45, 2.75) is 31.1 Å². The van der Waals surface area contributed by atoms with E-state index in [1.807, 2.05) is 24.3 Å². The van der Waals surface area contributed by atoms with Crippen LogP contribution in [0.15, 0.2) is 69.8 Å². The minimum Gasteiger partial charge on any atom is -0.494 e.